The molecule has 2 aromatic heterocycles. The van der Waals surface area contributed by atoms with E-state index in [4.69, 9.17) is 5.73 Å². The van der Waals surface area contributed by atoms with Gasteiger partial charge in [-0.25, -0.2) is 14.0 Å². The first-order valence-electron chi connectivity index (χ1n) is 9.97. The third-order valence-corrected chi connectivity index (χ3v) is 5.26. The summed E-state index contributed by atoms with van der Waals surface area (Å²) in [5, 5.41) is 7.24. The molecule has 0 bridgehead atoms. The Bertz CT molecular complexity index is 1110. The van der Waals surface area contributed by atoms with Crippen LogP contribution in [0.3, 0.4) is 0 Å². The van der Waals surface area contributed by atoms with Crippen molar-refractivity contribution in [3.63, 3.8) is 0 Å². The van der Waals surface area contributed by atoms with E-state index < -0.39 is 11.8 Å². The van der Waals surface area contributed by atoms with E-state index in [1.165, 1.54) is 16.6 Å². The molecule has 162 valence electrons. The minimum Gasteiger partial charge on any atom is -0.369 e. The molecule has 0 aliphatic carbocycles. The largest absolute Gasteiger partial charge is 0.369 e. The normalized spacial score (nSPS) is 14.0. The number of halogens is 2. The Labute approximate surface area is 177 Å². The molecule has 0 saturated carbocycles. The lowest BCUT2D eigenvalue weighted by Crippen LogP contribution is -2.43. The van der Waals surface area contributed by atoms with E-state index in [-0.39, 0.29) is 18.7 Å². The zero-order valence-electron chi connectivity index (χ0n) is 16.8. The summed E-state index contributed by atoms with van der Waals surface area (Å²) in [6.45, 7) is 3.23. The lowest BCUT2D eigenvalue weighted by Gasteiger charge is -2.29. The highest BCUT2D eigenvalue weighted by Crippen LogP contribution is 2.22. The molecule has 3 heterocycles. The second kappa shape index (κ2) is 9.19. The lowest BCUT2D eigenvalue weighted by atomic mass is 10.1. The van der Waals surface area contributed by atoms with Gasteiger partial charge in [-0.05, 0) is 24.3 Å². The number of pyridine rings is 1. The molecule has 3 aromatic rings. The van der Waals surface area contributed by atoms with Crippen LogP contribution in [0.1, 0.15) is 0 Å². The van der Waals surface area contributed by atoms with Crippen molar-refractivity contribution in [2.45, 2.75) is 6.54 Å². The van der Waals surface area contributed by atoms with Crippen molar-refractivity contribution in [2.75, 3.05) is 37.6 Å². The van der Waals surface area contributed by atoms with Gasteiger partial charge in [-0.3, -0.25) is 4.98 Å². The highest BCUT2D eigenvalue weighted by atomic mass is 19.3. The van der Waals surface area contributed by atoms with E-state index in [9.17, 15) is 13.6 Å². The van der Waals surface area contributed by atoms with Crippen molar-refractivity contribution in [2.24, 2.45) is 5.73 Å². The van der Waals surface area contributed by atoms with Crippen LogP contribution in [-0.4, -0.2) is 52.1 Å². The van der Waals surface area contributed by atoms with Gasteiger partial charge in [0, 0.05) is 49.5 Å². The molecule has 10 heteroatoms. The van der Waals surface area contributed by atoms with Gasteiger partial charge >= 0.3 is 5.69 Å². The number of anilines is 1. The minimum atomic E-state index is -1.89. The molecule has 4 rings (SSSR count). The first kappa shape index (κ1) is 20.9. The van der Waals surface area contributed by atoms with Crippen LogP contribution in [0, 0.1) is 0 Å². The van der Waals surface area contributed by atoms with E-state index in [1.54, 1.807) is 12.3 Å². The second-order valence-electron chi connectivity index (χ2n) is 7.19. The van der Waals surface area contributed by atoms with Crippen LogP contribution in [0.5, 0.6) is 0 Å². The van der Waals surface area contributed by atoms with Gasteiger partial charge in [0.1, 0.15) is 6.33 Å². The predicted octanol–water partition coefficient (Wildman–Crippen LogP) is 1.61. The number of piperazine rings is 1. The van der Waals surface area contributed by atoms with Crippen LogP contribution < -0.4 is 21.6 Å². The molecule has 1 aromatic carbocycles. The number of nitrogens with zero attached hydrogens (tertiary/aromatic N) is 5. The molecule has 8 nitrogen and oxygen atoms in total. The molecule has 0 amide bonds. The number of rotatable bonds is 6. The zero-order valence-corrected chi connectivity index (χ0v) is 16.8. The maximum atomic E-state index is 12.8. The summed E-state index contributed by atoms with van der Waals surface area (Å²) in [6.07, 6.45) is 0.950. The number of benzene rings is 1. The Morgan fingerprint density at radius 3 is 2.39 bits per heavy atom. The Morgan fingerprint density at radius 2 is 1.77 bits per heavy atom. The molecule has 1 aliphatic heterocycles. The summed E-state index contributed by atoms with van der Waals surface area (Å²) in [4.78, 5) is 19.3. The van der Waals surface area contributed by atoms with Crippen molar-refractivity contribution >= 4 is 5.69 Å². The Kier molecular flexibility index (Phi) is 6.19. The second-order valence-corrected chi connectivity index (χ2v) is 7.19. The molecule has 31 heavy (non-hydrogen) atoms. The van der Waals surface area contributed by atoms with Crippen molar-refractivity contribution in [1.82, 2.24) is 24.6 Å². The van der Waals surface area contributed by atoms with Gasteiger partial charge < -0.3 is 16.0 Å². The fourth-order valence-corrected chi connectivity index (χ4v) is 3.47. The molecular weight excluding hydrogens is 404 g/mol. The molecule has 1 fully saturated rings. The number of aromatic nitrogens is 4. The van der Waals surface area contributed by atoms with Crippen molar-refractivity contribution < 1.29 is 8.78 Å². The number of nitrogens with one attached hydrogen (secondary N) is 1. The summed E-state index contributed by atoms with van der Waals surface area (Å²) in [7, 11) is 0. The van der Waals surface area contributed by atoms with E-state index in [0.717, 1.165) is 42.1 Å². The number of hydrogen-bond donors (Lipinski definition) is 2. The van der Waals surface area contributed by atoms with E-state index in [1.807, 2.05) is 18.2 Å². The van der Waals surface area contributed by atoms with Gasteiger partial charge in [-0.1, -0.05) is 12.1 Å². The molecule has 3 N–H and O–H groups in total. The van der Waals surface area contributed by atoms with E-state index in [2.05, 4.69) is 32.4 Å². The summed E-state index contributed by atoms with van der Waals surface area (Å²) >= 11 is 0. The number of nitrogens with two attached hydrogens (primary N) is 1. The third-order valence-electron chi connectivity index (χ3n) is 5.26. The van der Waals surface area contributed by atoms with Crippen LogP contribution in [0.4, 0.5) is 14.5 Å². The quantitative estimate of drug-likeness (QED) is 0.621. The molecule has 0 unspecified atom stereocenters. The average molecular weight is 427 g/mol. The topological polar surface area (TPSA) is 94.0 Å². The highest BCUT2D eigenvalue weighted by molar-refractivity contribution is 5.63. The van der Waals surface area contributed by atoms with Crippen LogP contribution in [0.15, 0.2) is 65.4 Å². The SMILES string of the molecule is NCC(Cn1ncn(-c2ccc(-c3ccc(N4CCNCC4)cc3)nc2)c1=O)=C(F)F. The monoisotopic (exact) mass is 427 g/mol. The van der Waals surface area contributed by atoms with Gasteiger partial charge in [0.15, 0.2) is 0 Å². The first-order chi connectivity index (χ1) is 15.1. The molecule has 0 radical (unpaired) electrons. The smallest absolute Gasteiger partial charge is 0.350 e. The maximum absolute atomic E-state index is 12.8. The maximum Gasteiger partial charge on any atom is 0.350 e. The summed E-state index contributed by atoms with van der Waals surface area (Å²) in [5.74, 6) is 0. The summed E-state index contributed by atoms with van der Waals surface area (Å²) in [6, 6.07) is 11.8. The Balaban J connectivity index is 1.51. The molecule has 0 atom stereocenters. The van der Waals surface area contributed by atoms with Crippen molar-refractivity contribution in [3.05, 3.63) is 71.1 Å². The van der Waals surface area contributed by atoms with Gasteiger partial charge in [-0.2, -0.15) is 13.9 Å². The fourth-order valence-electron chi connectivity index (χ4n) is 3.47. The third kappa shape index (κ3) is 4.54. The number of hydrogen-bond acceptors (Lipinski definition) is 6. The van der Waals surface area contributed by atoms with Crippen molar-refractivity contribution in [3.8, 4) is 16.9 Å². The van der Waals surface area contributed by atoms with Gasteiger partial charge in [-0.15, -0.1) is 0 Å². The highest BCUT2D eigenvalue weighted by Gasteiger charge is 2.13. The van der Waals surface area contributed by atoms with E-state index in [0.29, 0.717) is 5.69 Å². The average Bonchev–Trinajstić information content (AvgIpc) is 3.18. The minimum absolute atomic E-state index is 0.329. The van der Waals surface area contributed by atoms with Gasteiger partial charge in [0.25, 0.3) is 6.08 Å². The van der Waals surface area contributed by atoms with Crippen LogP contribution in [-0.2, 0) is 6.54 Å². The van der Waals surface area contributed by atoms with Gasteiger partial charge in [0.2, 0.25) is 0 Å². The van der Waals surface area contributed by atoms with E-state index >= 15 is 0 Å². The van der Waals surface area contributed by atoms with Crippen LogP contribution in [0.25, 0.3) is 16.9 Å². The molecule has 0 spiro atoms. The van der Waals surface area contributed by atoms with Gasteiger partial charge in [0.05, 0.1) is 24.1 Å². The predicted molar refractivity (Wildman–Crippen MR) is 114 cm³/mol. The summed E-state index contributed by atoms with van der Waals surface area (Å²) < 4.78 is 27.8. The molecule has 1 aliphatic rings. The van der Waals surface area contributed by atoms with Crippen LogP contribution >= 0.6 is 0 Å². The van der Waals surface area contributed by atoms with Crippen LogP contribution in [0.2, 0.25) is 0 Å². The van der Waals surface area contributed by atoms with Crippen molar-refractivity contribution in [1.29, 1.82) is 0 Å². The molecular formula is C21H23F2N7O. The first-order valence-corrected chi connectivity index (χ1v) is 9.97. The Hall–Kier alpha value is -3.37. The summed E-state index contributed by atoms with van der Waals surface area (Å²) in [5.41, 5.74) is 7.85. The zero-order chi connectivity index (χ0) is 21.8. The molecule has 1 saturated heterocycles. The Morgan fingerprint density at radius 1 is 1.06 bits per heavy atom. The standard InChI is InChI=1S/C21H23F2N7O/c22-20(23)16(11-24)13-30-21(31)29(14-27-30)18-5-6-19(26-12-18)15-1-3-17(4-2-15)28-9-7-25-8-10-28/h1-6,12,14,25H,7-11,13,24H2. The lowest BCUT2D eigenvalue weighted by molar-refractivity contribution is 0.400. The fraction of sp³-hybridized carbons (Fsp3) is 0.286.